The highest BCUT2D eigenvalue weighted by Crippen LogP contribution is 2.27. The van der Waals surface area contributed by atoms with Gasteiger partial charge in [0, 0.05) is 18.2 Å². The molecule has 0 aliphatic carbocycles. The summed E-state index contributed by atoms with van der Waals surface area (Å²) >= 11 is 0. The van der Waals surface area contributed by atoms with Gasteiger partial charge in [-0.15, -0.1) is 0 Å². The van der Waals surface area contributed by atoms with Crippen molar-refractivity contribution in [2.45, 2.75) is 0 Å². The first-order valence-corrected chi connectivity index (χ1v) is 9.78. The summed E-state index contributed by atoms with van der Waals surface area (Å²) in [6.45, 7) is 0. The zero-order valence-corrected chi connectivity index (χ0v) is 17.3. The van der Waals surface area contributed by atoms with Gasteiger partial charge in [0.25, 0.3) is 0 Å². The van der Waals surface area contributed by atoms with Crippen molar-refractivity contribution < 1.29 is 9.84 Å². The largest absolute Gasteiger partial charge is 0.504 e. The van der Waals surface area contributed by atoms with Crippen molar-refractivity contribution in [3.63, 3.8) is 0 Å². The molecule has 0 atom stereocenters. The number of anilines is 1. The van der Waals surface area contributed by atoms with Gasteiger partial charge in [-0.1, -0.05) is 60.7 Å². The van der Waals surface area contributed by atoms with Crippen LogP contribution in [0.5, 0.6) is 11.5 Å². The van der Waals surface area contributed by atoms with Crippen molar-refractivity contribution in [2.75, 3.05) is 19.2 Å². The molecule has 3 aromatic carbocycles. The second-order valence-corrected chi connectivity index (χ2v) is 6.87. The Balaban J connectivity index is 1.70. The van der Waals surface area contributed by atoms with Crippen LogP contribution in [0.3, 0.4) is 0 Å². The molecule has 0 bridgehead atoms. The highest BCUT2D eigenvalue weighted by Gasteiger charge is 2.11. The summed E-state index contributed by atoms with van der Waals surface area (Å²) in [5.74, 6) is 0.939. The second kappa shape index (κ2) is 9.09. The fourth-order valence-electron chi connectivity index (χ4n) is 3.09. The van der Waals surface area contributed by atoms with E-state index in [-0.39, 0.29) is 5.75 Å². The van der Waals surface area contributed by atoms with Crippen LogP contribution < -0.4 is 9.75 Å². The Morgan fingerprint density at radius 1 is 0.839 bits per heavy atom. The summed E-state index contributed by atoms with van der Waals surface area (Å²) in [7, 11) is 3.30. The molecule has 4 aromatic rings. The standard InChI is InChI=1S/C25H22N4O2/c1-29(26-17-18-13-14-24(31-2)23(30)15-18)25-27-21(19-9-5-3-6-10-19)16-22(28-25)20-11-7-4-8-12-20/h3-17,30H,1-2H3/b26-17+. The van der Waals surface area contributed by atoms with E-state index >= 15 is 0 Å². The number of phenols is 1. The number of benzene rings is 3. The lowest BCUT2D eigenvalue weighted by atomic mass is 10.1. The van der Waals surface area contributed by atoms with E-state index in [0.29, 0.717) is 11.7 Å². The smallest absolute Gasteiger partial charge is 0.247 e. The van der Waals surface area contributed by atoms with Crippen LogP contribution in [0.4, 0.5) is 5.95 Å². The van der Waals surface area contributed by atoms with E-state index in [4.69, 9.17) is 14.7 Å². The Kier molecular flexibility index (Phi) is 5.89. The summed E-state index contributed by atoms with van der Waals surface area (Å²) in [5, 5.41) is 16.0. The van der Waals surface area contributed by atoms with Gasteiger partial charge in [0.05, 0.1) is 24.7 Å². The molecular formula is C25H22N4O2. The van der Waals surface area contributed by atoms with Crippen LogP contribution in [0.1, 0.15) is 5.56 Å². The van der Waals surface area contributed by atoms with Crippen LogP contribution >= 0.6 is 0 Å². The van der Waals surface area contributed by atoms with E-state index < -0.39 is 0 Å². The summed E-state index contributed by atoms with van der Waals surface area (Å²) in [5.41, 5.74) is 4.36. The van der Waals surface area contributed by atoms with Crippen LogP contribution in [0.2, 0.25) is 0 Å². The number of nitrogens with zero attached hydrogens (tertiary/aromatic N) is 4. The molecule has 0 spiro atoms. The molecular weight excluding hydrogens is 388 g/mol. The Morgan fingerprint density at radius 3 is 1.94 bits per heavy atom. The average molecular weight is 410 g/mol. The van der Waals surface area contributed by atoms with Gasteiger partial charge >= 0.3 is 0 Å². The first-order valence-electron chi connectivity index (χ1n) is 9.78. The topological polar surface area (TPSA) is 70.8 Å². The normalized spacial score (nSPS) is 10.9. The molecule has 1 aromatic heterocycles. The van der Waals surface area contributed by atoms with E-state index in [1.165, 1.54) is 7.11 Å². The maximum atomic E-state index is 9.97. The van der Waals surface area contributed by atoms with Gasteiger partial charge in [0.2, 0.25) is 5.95 Å². The van der Waals surface area contributed by atoms with Crippen molar-refractivity contribution in [2.24, 2.45) is 5.10 Å². The van der Waals surface area contributed by atoms with E-state index in [1.54, 1.807) is 30.4 Å². The van der Waals surface area contributed by atoms with E-state index in [1.807, 2.05) is 72.8 Å². The number of aromatic hydroxyl groups is 1. The molecule has 6 nitrogen and oxygen atoms in total. The maximum absolute atomic E-state index is 9.97. The SMILES string of the molecule is COc1ccc(/C=N/N(C)c2nc(-c3ccccc3)cc(-c3ccccc3)n2)cc1O. The number of ether oxygens (including phenoxy) is 1. The Labute approximate surface area is 181 Å². The van der Waals surface area contributed by atoms with Gasteiger partial charge < -0.3 is 9.84 Å². The first kappa shape index (κ1) is 20.1. The zero-order valence-electron chi connectivity index (χ0n) is 17.3. The Morgan fingerprint density at radius 2 is 1.42 bits per heavy atom. The van der Waals surface area contributed by atoms with Gasteiger partial charge in [-0.05, 0) is 29.8 Å². The highest BCUT2D eigenvalue weighted by atomic mass is 16.5. The van der Waals surface area contributed by atoms with Crippen molar-refractivity contribution in [1.82, 2.24) is 9.97 Å². The quantitative estimate of drug-likeness (QED) is 0.358. The van der Waals surface area contributed by atoms with Gasteiger partial charge in [0.15, 0.2) is 11.5 Å². The average Bonchev–Trinajstić information content (AvgIpc) is 2.83. The number of hydrazone groups is 1. The summed E-state index contributed by atoms with van der Waals surface area (Å²) in [4.78, 5) is 9.44. The third-order valence-electron chi connectivity index (χ3n) is 4.73. The number of aromatic nitrogens is 2. The predicted octanol–water partition coefficient (Wildman–Crippen LogP) is 5.00. The molecule has 0 aliphatic rings. The van der Waals surface area contributed by atoms with Crippen molar-refractivity contribution >= 4 is 12.2 Å². The molecule has 0 saturated heterocycles. The van der Waals surface area contributed by atoms with Crippen LogP contribution in [-0.2, 0) is 0 Å². The summed E-state index contributed by atoms with van der Waals surface area (Å²) < 4.78 is 5.08. The van der Waals surface area contributed by atoms with E-state index in [0.717, 1.165) is 28.1 Å². The Hall–Kier alpha value is -4.19. The van der Waals surface area contributed by atoms with Crippen LogP contribution in [0.25, 0.3) is 22.5 Å². The van der Waals surface area contributed by atoms with Gasteiger partial charge in [-0.25, -0.2) is 15.0 Å². The van der Waals surface area contributed by atoms with E-state index in [9.17, 15) is 5.11 Å². The highest BCUT2D eigenvalue weighted by molar-refractivity contribution is 5.81. The molecule has 0 radical (unpaired) electrons. The molecule has 4 rings (SSSR count). The molecule has 154 valence electrons. The molecule has 31 heavy (non-hydrogen) atoms. The number of hydrogen-bond donors (Lipinski definition) is 1. The molecule has 1 heterocycles. The lowest BCUT2D eigenvalue weighted by Crippen LogP contribution is -2.13. The lowest BCUT2D eigenvalue weighted by Gasteiger charge is -2.14. The van der Waals surface area contributed by atoms with Crippen LogP contribution in [0.15, 0.2) is 90.0 Å². The van der Waals surface area contributed by atoms with Crippen molar-refractivity contribution in [3.05, 3.63) is 90.5 Å². The fraction of sp³-hybridized carbons (Fsp3) is 0.0800. The Bertz CT molecular complexity index is 1140. The minimum Gasteiger partial charge on any atom is -0.504 e. The molecule has 0 saturated carbocycles. The van der Waals surface area contributed by atoms with Crippen molar-refractivity contribution in [1.29, 1.82) is 0 Å². The second-order valence-electron chi connectivity index (χ2n) is 6.87. The molecule has 0 amide bonds. The zero-order chi connectivity index (χ0) is 21.6. The predicted molar refractivity (Wildman–Crippen MR) is 124 cm³/mol. The third-order valence-corrected chi connectivity index (χ3v) is 4.73. The summed E-state index contributed by atoms with van der Waals surface area (Å²) in [6, 6.07) is 27.0. The number of methoxy groups -OCH3 is 1. The molecule has 0 unspecified atom stereocenters. The van der Waals surface area contributed by atoms with Gasteiger partial charge in [0.1, 0.15) is 0 Å². The number of hydrogen-bond acceptors (Lipinski definition) is 6. The minimum atomic E-state index is 0.0581. The van der Waals surface area contributed by atoms with Crippen molar-refractivity contribution in [3.8, 4) is 34.0 Å². The summed E-state index contributed by atoms with van der Waals surface area (Å²) in [6.07, 6.45) is 1.64. The van der Waals surface area contributed by atoms with Crippen LogP contribution in [0, 0.1) is 0 Å². The number of phenolic OH excluding ortho intramolecular Hbond substituents is 1. The molecule has 0 aliphatic heterocycles. The van der Waals surface area contributed by atoms with E-state index in [2.05, 4.69) is 5.10 Å². The molecule has 1 N–H and O–H groups in total. The minimum absolute atomic E-state index is 0.0581. The molecule has 6 heteroatoms. The van der Waals surface area contributed by atoms with Gasteiger partial charge in [-0.2, -0.15) is 5.10 Å². The lowest BCUT2D eigenvalue weighted by molar-refractivity contribution is 0.373. The fourth-order valence-corrected chi connectivity index (χ4v) is 3.09. The van der Waals surface area contributed by atoms with Gasteiger partial charge in [-0.3, -0.25) is 0 Å². The monoisotopic (exact) mass is 410 g/mol. The number of rotatable bonds is 6. The first-order chi connectivity index (χ1) is 15.1. The van der Waals surface area contributed by atoms with Crippen LogP contribution in [-0.4, -0.2) is 35.4 Å². The third kappa shape index (κ3) is 4.70. The maximum Gasteiger partial charge on any atom is 0.247 e. The molecule has 0 fully saturated rings.